The van der Waals surface area contributed by atoms with E-state index >= 15 is 0 Å². The molecule has 2 amide bonds. The number of rotatable bonds is 4. The van der Waals surface area contributed by atoms with Crippen LogP contribution in [-0.4, -0.2) is 36.8 Å². The lowest BCUT2D eigenvalue weighted by Crippen LogP contribution is -2.43. The van der Waals surface area contributed by atoms with E-state index in [1.807, 2.05) is 36.1 Å². The monoisotopic (exact) mass is 378 g/mol. The highest BCUT2D eigenvalue weighted by atomic mass is 16.5. The number of para-hydroxylation sites is 1. The molecule has 0 N–H and O–H groups in total. The fraction of sp³-hybridized carbons (Fsp3) is 0.318. The van der Waals surface area contributed by atoms with Crippen molar-refractivity contribution < 1.29 is 19.1 Å². The summed E-state index contributed by atoms with van der Waals surface area (Å²) >= 11 is 0. The zero-order valence-corrected chi connectivity index (χ0v) is 16.0. The van der Waals surface area contributed by atoms with Gasteiger partial charge in [0.2, 0.25) is 5.91 Å². The number of carbonyl (C=O) groups excluding carboxylic acids is 3. The van der Waals surface area contributed by atoms with Crippen LogP contribution in [0.3, 0.4) is 0 Å². The summed E-state index contributed by atoms with van der Waals surface area (Å²) in [6, 6.07) is 13.1. The van der Waals surface area contributed by atoms with Crippen LogP contribution >= 0.6 is 0 Å². The normalized spacial score (nSPS) is 17.8. The number of hydrogen-bond donors (Lipinski definition) is 0. The van der Waals surface area contributed by atoms with Crippen LogP contribution in [0.25, 0.3) is 0 Å². The van der Waals surface area contributed by atoms with E-state index in [9.17, 15) is 14.4 Å². The van der Waals surface area contributed by atoms with Crippen molar-refractivity contribution in [1.29, 1.82) is 0 Å². The summed E-state index contributed by atoms with van der Waals surface area (Å²) in [7, 11) is 0. The SMILES string of the molecule is CC(=O)c1ccc2c(c1)N(CCC(=O)N1c3ccccc3CC1C)C(=O)CO2. The standard InChI is InChI=1S/C22H22N2O4/c1-14-11-17-5-3-4-6-18(17)24(14)21(26)9-10-23-19-12-16(15(2)25)7-8-20(19)28-13-22(23)27/h3-8,12,14H,9-11,13H2,1-2H3. The Kier molecular flexibility index (Phi) is 4.63. The first-order valence-electron chi connectivity index (χ1n) is 9.44. The maximum absolute atomic E-state index is 13.0. The molecule has 4 rings (SSSR count). The van der Waals surface area contributed by atoms with Crippen molar-refractivity contribution in [3.8, 4) is 5.75 Å². The van der Waals surface area contributed by atoms with Crippen molar-refractivity contribution in [2.45, 2.75) is 32.7 Å². The van der Waals surface area contributed by atoms with Gasteiger partial charge in [-0.25, -0.2) is 0 Å². The molecule has 0 fully saturated rings. The highest BCUT2D eigenvalue weighted by molar-refractivity contribution is 6.02. The number of ketones is 1. The Morgan fingerprint density at radius 3 is 2.71 bits per heavy atom. The number of hydrogen-bond acceptors (Lipinski definition) is 4. The third-order valence-corrected chi connectivity index (χ3v) is 5.33. The molecule has 6 heteroatoms. The van der Waals surface area contributed by atoms with Crippen LogP contribution in [0.15, 0.2) is 42.5 Å². The lowest BCUT2D eigenvalue weighted by atomic mass is 10.1. The van der Waals surface area contributed by atoms with Crippen LogP contribution in [0.2, 0.25) is 0 Å². The Morgan fingerprint density at radius 2 is 1.93 bits per heavy atom. The Balaban J connectivity index is 1.54. The number of anilines is 2. The smallest absolute Gasteiger partial charge is 0.265 e. The molecule has 0 bridgehead atoms. The third kappa shape index (κ3) is 3.15. The first-order chi connectivity index (χ1) is 13.5. The predicted molar refractivity (Wildman–Crippen MR) is 106 cm³/mol. The summed E-state index contributed by atoms with van der Waals surface area (Å²) in [6.45, 7) is 3.70. The fourth-order valence-corrected chi connectivity index (χ4v) is 3.94. The molecule has 144 valence electrons. The molecular formula is C22H22N2O4. The van der Waals surface area contributed by atoms with E-state index in [4.69, 9.17) is 4.74 Å². The molecule has 0 aromatic heterocycles. The molecule has 28 heavy (non-hydrogen) atoms. The molecule has 2 aliphatic heterocycles. The van der Waals surface area contributed by atoms with E-state index in [1.54, 1.807) is 23.1 Å². The summed E-state index contributed by atoms with van der Waals surface area (Å²) in [5, 5.41) is 0. The molecule has 2 aromatic carbocycles. The van der Waals surface area contributed by atoms with E-state index in [2.05, 4.69) is 0 Å². The van der Waals surface area contributed by atoms with Gasteiger partial charge in [0.05, 0.1) is 5.69 Å². The van der Waals surface area contributed by atoms with Gasteiger partial charge in [0, 0.05) is 30.3 Å². The van der Waals surface area contributed by atoms with E-state index in [0.717, 1.165) is 12.1 Å². The lowest BCUT2D eigenvalue weighted by Gasteiger charge is -2.30. The largest absolute Gasteiger partial charge is 0.482 e. The Bertz CT molecular complexity index is 969. The molecule has 0 radical (unpaired) electrons. The molecule has 0 spiro atoms. The molecule has 2 aliphatic rings. The van der Waals surface area contributed by atoms with E-state index in [0.29, 0.717) is 17.0 Å². The Labute approximate surface area is 163 Å². The summed E-state index contributed by atoms with van der Waals surface area (Å²) in [4.78, 5) is 40.5. The van der Waals surface area contributed by atoms with Crippen LogP contribution in [0.5, 0.6) is 5.75 Å². The Morgan fingerprint density at radius 1 is 1.14 bits per heavy atom. The first-order valence-corrected chi connectivity index (χ1v) is 9.44. The molecule has 0 aliphatic carbocycles. The topological polar surface area (TPSA) is 66.9 Å². The summed E-state index contributed by atoms with van der Waals surface area (Å²) in [5.41, 5.74) is 3.18. The van der Waals surface area contributed by atoms with E-state index in [-0.39, 0.29) is 43.2 Å². The molecule has 2 aromatic rings. The zero-order valence-electron chi connectivity index (χ0n) is 16.0. The molecule has 2 heterocycles. The minimum Gasteiger partial charge on any atom is -0.482 e. The van der Waals surface area contributed by atoms with Gasteiger partial charge in [0.25, 0.3) is 5.91 Å². The van der Waals surface area contributed by atoms with Crippen LogP contribution in [-0.2, 0) is 16.0 Å². The van der Waals surface area contributed by atoms with Gasteiger partial charge in [0.1, 0.15) is 5.75 Å². The Hall–Kier alpha value is -3.15. The highest BCUT2D eigenvalue weighted by Crippen LogP contribution is 2.35. The van der Waals surface area contributed by atoms with Gasteiger partial charge in [-0.15, -0.1) is 0 Å². The van der Waals surface area contributed by atoms with Gasteiger partial charge < -0.3 is 14.5 Å². The van der Waals surface area contributed by atoms with Gasteiger partial charge in [-0.05, 0) is 50.1 Å². The molecule has 6 nitrogen and oxygen atoms in total. The second-order valence-electron chi connectivity index (χ2n) is 7.27. The van der Waals surface area contributed by atoms with E-state index in [1.165, 1.54) is 12.5 Å². The van der Waals surface area contributed by atoms with E-state index < -0.39 is 0 Å². The fourth-order valence-electron chi connectivity index (χ4n) is 3.94. The number of benzene rings is 2. The number of carbonyl (C=O) groups is 3. The molecule has 1 atom stereocenters. The number of Topliss-reactive ketones (excluding diaryl/α,β-unsaturated/α-hetero) is 1. The molecule has 0 saturated heterocycles. The summed E-state index contributed by atoms with van der Waals surface area (Å²) in [6.07, 6.45) is 1.04. The second kappa shape index (κ2) is 7.11. The van der Waals surface area contributed by atoms with Crippen molar-refractivity contribution >= 4 is 29.0 Å². The van der Waals surface area contributed by atoms with Crippen LogP contribution in [0.4, 0.5) is 11.4 Å². The second-order valence-corrected chi connectivity index (χ2v) is 7.27. The first kappa shape index (κ1) is 18.2. The maximum atomic E-state index is 13.0. The van der Waals surface area contributed by atoms with Gasteiger partial charge >= 0.3 is 0 Å². The van der Waals surface area contributed by atoms with Crippen LogP contribution in [0, 0.1) is 0 Å². The highest BCUT2D eigenvalue weighted by Gasteiger charge is 2.32. The van der Waals surface area contributed by atoms with Crippen molar-refractivity contribution in [2.24, 2.45) is 0 Å². The van der Waals surface area contributed by atoms with Crippen LogP contribution < -0.4 is 14.5 Å². The van der Waals surface area contributed by atoms with Crippen molar-refractivity contribution in [3.63, 3.8) is 0 Å². The van der Waals surface area contributed by atoms with Gasteiger partial charge in [-0.2, -0.15) is 0 Å². The quantitative estimate of drug-likeness (QED) is 0.767. The summed E-state index contributed by atoms with van der Waals surface area (Å²) in [5.74, 6) is 0.244. The number of amides is 2. The average Bonchev–Trinajstić information content (AvgIpc) is 3.02. The molecule has 1 unspecified atom stereocenters. The number of nitrogens with zero attached hydrogens (tertiary/aromatic N) is 2. The third-order valence-electron chi connectivity index (χ3n) is 5.33. The molecule has 0 saturated carbocycles. The minimum absolute atomic E-state index is 0.0129. The van der Waals surface area contributed by atoms with Crippen molar-refractivity contribution in [2.75, 3.05) is 23.0 Å². The maximum Gasteiger partial charge on any atom is 0.265 e. The van der Waals surface area contributed by atoms with Crippen LogP contribution in [0.1, 0.15) is 36.2 Å². The number of ether oxygens (including phenoxy) is 1. The lowest BCUT2D eigenvalue weighted by molar-refractivity contribution is -0.121. The molecular weight excluding hydrogens is 356 g/mol. The zero-order chi connectivity index (χ0) is 19.8. The summed E-state index contributed by atoms with van der Waals surface area (Å²) < 4.78 is 5.47. The van der Waals surface area contributed by atoms with Crippen molar-refractivity contribution in [1.82, 2.24) is 0 Å². The van der Waals surface area contributed by atoms with Gasteiger partial charge in [0.15, 0.2) is 12.4 Å². The average molecular weight is 378 g/mol. The predicted octanol–water partition coefficient (Wildman–Crippen LogP) is 2.98. The minimum atomic E-state index is -0.212. The number of fused-ring (bicyclic) bond motifs is 2. The van der Waals surface area contributed by atoms with Crippen molar-refractivity contribution in [3.05, 3.63) is 53.6 Å². The van der Waals surface area contributed by atoms with Gasteiger partial charge in [-0.3, -0.25) is 14.4 Å². The van der Waals surface area contributed by atoms with Gasteiger partial charge in [-0.1, -0.05) is 18.2 Å².